The fraction of sp³-hybridized carbons (Fsp3) is 0.389. The zero-order valence-corrected chi connectivity index (χ0v) is 15.6. The molecule has 1 aromatic heterocycles. The number of ether oxygens (including phenoxy) is 1. The van der Waals surface area contributed by atoms with Crippen molar-refractivity contribution in [3.63, 3.8) is 0 Å². The number of aromatic nitrogens is 2. The number of esters is 1. The summed E-state index contributed by atoms with van der Waals surface area (Å²) in [7, 11) is 0. The van der Waals surface area contributed by atoms with Crippen molar-refractivity contribution in [3.8, 4) is 0 Å². The second-order valence-corrected chi connectivity index (χ2v) is 6.78. The van der Waals surface area contributed by atoms with Gasteiger partial charge in [0.05, 0.1) is 18.2 Å². The zero-order valence-electron chi connectivity index (χ0n) is 14.1. The van der Waals surface area contributed by atoms with Gasteiger partial charge in [-0.25, -0.2) is 0 Å². The topological polar surface area (TPSA) is 72.0 Å². The van der Waals surface area contributed by atoms with Gasteiger partial charge in [-0.1, -0.05) is 35.0 Å². The molecule has 1 aromatic carbocycles. The first-order valence-corrected chi connectivity index (χ1v) is 8.63. The molecule has 1 unspecified atom stereocenters. The van der Waals surface area contributed by atoms with E-state index in [1.165, 1.54) is 0 Å². The largest absolute Gasteiger partial charge is 0.465 e. The van der Waals surface area contributed by atoms with E-state index in [4.69, 9.17) is 4.74 Å². The van der Waals surface area contributed by atoms with Crippen molar-refractivity contribution in [2.45, 2.75) is 33.6 Å². The summed E-state index contributed by atoms with van der Waals surface area (Å²) in [5.74, 6) is -0.887. The Balaban J connectivity index is 1.83. The average Bonchev–Trinajstić information content (AvgIpc) is 2.86. The first kappa shape index (κ1) is 18.4. The molecule has 0 spiro atoms. The molecule has 0 aliphatic carbocycles. The lowest BCUT2D eigenvalue weighted by atomic mass is 10.00. The van der Waals surface area contributed by atoms with E-state index in [2.05, 4.69) is 26.1 Å². The first-order chi connectivity index (χ1) is 11.4. The van der Waals surface area contributed by atoms with Crippen LogP contribution in [0, 0.1) is 19.8 Å². The van der Waals surface area contributed by atoms with Crippen molar-refractivity contribution in [1.29, 1.82) is 0 Å². The van der Waals surface area contributed by atoms with E-state index in [1.54, 1.807) is 25.1 Å². The fourth-order valence-electron chi connectivity index (χ4n) is 2.48. The average molecular weight is 393 g/mol. The van der Waals surface area contributed by atoms with Crippen LogP contribution < -0.4 is 0 Å². The Kier molecular flexibility index (Phi) is 6.31. The van der Waals surface area contributed by atoms with Gasteiger partial charge in [0.15, 0.2) is 5.78 Å². The number of carbonyl (C=O) groups is 2. The quantitative estimate of drug-likeness (QED) is 0.574. The Bertz CT molecular complexity index is 720. The summed E-state index contributed by atoms with van der Waals surface area (Å²) in [6, 6.07) is 7.16. The SMILES string of the molecule is Cc1n[nH]c(C)c1CCOC(=O)C(C)CC(=O)c1cccc(Br)c1. The predicted molar refractivity (Wildman–Crippen MR) is 95.0 cm³/mol. The molecule has 6 heteroatoms. The summed E-state index contributed by atoms with van der Waals surface area (Å²) in [4.78, 5) is 24.3. The molecular weight excluding hydrogens is 372 g/mol. The van der Waals surface area contributed by atoms with Crippen LogP contribution in [0.1, 0.15) is 40.7 Å². The molecule has 0 saturated heterocycles. The van der Waals surface area contributed by atoms with Crippen LogP contribution in [0.25, 0.3) is 0 Å². The minimum Gasteiger partial charge on any atom is -0.465 e. The number of rotatable bonds is 7. The van der Waals surface area contributed by atoms with Gasteiger partial charge in [-0.2, -0.15) is 5.10 Å². The molecule has 1 atom stereocenters. The summed E-state index contributed by atoms with van der Waals surface area (Å²) >= 11 is 3.34. The van der Waals surface area contributed by atoms with Crippen LogP contribution in [0.5, 0.6) is 0 Å². The van der Waals surface area contributed by atoms with Crippen LogP contribution in [0.4, 0.5) is 0 Å². The Morgan fingerprint density at radius 3 is 2.71 bits per heavy atom. The fourth-order valence-corrected chi connectivity index (χ4v) is 2.88. The van der Waals surface area contributed by atoms with Gasteiger partial charge >= 0.3 is 5.97 Å². The molecule has 0 bridgehead atoms. The monoisotopic (exact) mass is 392 g/mol. The highest BCUT2D eigenvalue weighted by atomic mass is 79.9. The molecule has 0 fully saturated rings. The molecule has 2 aromatic rings. The van der Waals surface area contributed by atoms with Crippen LogP contribution in [-0.4, -0.2) is 28.6 Å². The normalized spacial score (nSPS) is 12.0. The van der Waals surface area contributed by atoms with Gasteiger partial charge in [-0.15, -0.1) is 0 Å². The van der Waals surface area contributed by atoms with E-state index in [1.807, 2.05) is 19.9 Å². The highest BCUT2D eigenvalue weighted by Gasteiger charge is 2.20. The maximum Gasteiger partial charge on any atom is 0.309 e. The number of benzene rings is 1. The van der Waals surface area contributed by atoms with Gasteiger partial charge in [-0.05, 0) is 31.5 Å². The number of hydrogen-bond acceptors (Lipinski definition) is 4. The predicted octanol–water partition coefficient (Wildman–Crippen LogP) is 3.78. The number of Topliss-reactive ketones (excluding diaryl/α,β-unsaturated/α-hetero) is 1. The van der Waals surface area contributed by atoms with E-state index in [0.29, 0.717) is 12.0 Å². The van der Waals surface area contributed by atoms with Crippen LogP contribution in [0.3, 0.4) is 0 Å². The van der Waals surface area contributed by atoms with Crippen LogP contribution >= 0.6 is 15.9 Å². The maximum atomic E-state index is 12.2. The Morgan fingerprint density at radius 1 is 1.33 bits per heavy atom. The number of halogens is 1. The van der Waals surface area contributed by atoms with Crippen molar-refractivity contribution in [3.05, 3.63) is 51.3 Å². The third-order valence-electron chi connectivity index (χ3n) is 3.92. The Labute approximate surface area is 149 Å². The van der Waals surface area contributed by atoms with Gasteiger partial charge in [0, 0.05) is 28.6 Å². The molecule has 0 aliphatic rings. The van der Waals surface area contributed by atoms with E-state index >= 15 is 0 Å². The number of H-pyrrole nitrogens is 1. The molecule has 0 radical (unpaired) electrons. The minimum absolute atomic E-state index is 0.0673. The van der Waals surface area contributed by atoms with Crippen LogP contribution in [0.2, 0.25) is 0 Å². The molecule has 5 nitrogen and oxygen atoms in total. The lowest BCUT2D eigenvalue weighted by molar-refractivity contribution is -0.147. The lowest BCUT2D eigenvalue weighted by Gasteiger charge is -2.11. The third-order valence-corrected chi connectivity index (χ3v) is 4.41. The van der Waals surface area contributed by atoms with Crippen molar-refractivity contribution >= 4 is 27.7 Å². The zero-order chi connectivity index (χ0) is 17.7. The second-order valence-electron chi connectivity index (χ2n) is 5.87. The second kappa shape index (κ2) is 8.24. The minimum atomic E-state index is -0.469. The summed E-state index contributed by atoms with van der Waals surface area (Å²) in [5.41, 5.74) is 3.57. The lowest BCUT2D eigenvalue weighted by Crippen LogP contribution is -2.19. The van der Waals surface area contributed by atoms with E-state index < -0.39 is 5.92 Å². The highest BCUT2D eigenvalue weighted by molar-refractivity contribution is 9.10. The third kappa shape index (κ3) is 4.77. The number of hydrogen-bond donors (Lipinski definition) is 1. The van der Waals surface area contributed by atoms with E-state index in [0.717, 1.165) is 21.4 Å². The number of nitrogens with one attached hydrogen (secondary N) is 1. The van der Waals surface area contributed by atoms with Crippen molar-refractivity contribution in [2.24, 2.45) is 5.92 Å². The molecule has 0 aliphatic heterocycles. The van der Waals surface area contributed by atoms with Gasteiger partial charge in [0.25, 0.3) is 0 Å². The molecule has 0 amide bonds. The highest BCUT2D eigenvalue weighted by Crippen LogP contribution is 2.16. The Hall–Kier alpha value is -1.95. The number of carbonyl (C=O) groups excluding carboxylic acids is 2. The number of ketones is 1. The first-order valence-electron chi connectivity index (χ1n) is 7.84. The van der Waals surface area contributed by atoms with Gasteiger partial charge < -0.3 is 4.74 Å². The number of nitrogens with zero attached hydrogens (tertiary/aromatic N) is 1. The van der Waals surface area contributed by atoms with E-state index in [9.17, 15) is 9.59 Å². The van der Waals surface area contributed by atoms with Gasteiger partial charge in [0.1, 0.15) is 0 Å². The molecule has 24 heavy (non-hydrogen) atoms. The molecule has 0 saturated carbocycles. The molecular formula is C18H21BrN2O3. The number of aryl methyl sites for hydroxylation is 2. The maximum absolute atomic E-state index is 12.2. The molecule has 1 heterocycles. The Morgan fingerprint density at radius 2 is 2.08 bits per heavy atom. The molecule has 2 rings (SSSR count). The standard InChI is InChI=1S/C18H21BrN2O3/c1-11(9-17(22)14-5-4-6-15(19)10-14)18(23)24-8-7-16-12(2)20-21-13(16)3/h4-6,10-11H,7-9H2,1-3H3,(H,20,21). The van der Waals surface area contributed by atoms with Crippen molar-refractivity contribution in [1.82, 2.24) is 10.2 Å². The van der Waals surface area contributed by atoms with Crippen molar-refractivity contribution in [2.75, 3.05) is 6.61 Å². The van der Waals surface area contributed by atoms with Gasteiger partial charge in [-0.3, -0.25) is 14.7 Å². The number of aromatic amines is 1. The van der Waals surface area contributed by atoms with Crippen molar-refractivity contribution < 1.29 is 14.3 Å². The molecule has 1 N–H and O–H groups in total. The summed E-state index contributed by atoms with van der Waals surface area (Å²) in [6.45, 7) is 5.86. The molecule has 128 valence electrons. The summed E-state index contributed by atoms with van der Waals surface area (Å²) in [6.07, 6.45) is 0.755. The van der Waals surface area contributed by atoms with Gasteiger partial charge in [0.2, 0.25) is 0 Å². The van der Waals surface area contributed by atoms with E-state index in [-0.39, 0.29) is 24.8 Å². The smallest absolute Gasteiger partial charge is 0.309 e. The van der Waals surface area contributed by atoms with Crippen LogP contribution in [-0.2, 0) is 16.0 Å². The summed E-state index contributed by atoms with van der Waals surface area (Å²) in [5, 5.41) is 7.02. The van der Waals surface area contributed by atoms with Crippen LogP contribution in [0.15, 0.2) is 28.7 Å². The summed E-state index contributed by atoms with van der Waals surface area (Å²) < 4.78 is 6.15.